The highest BCUT2D eigenvalue weighted by Crippen LogP contribution is 2.30. The summed E-state index contributed by atoms with van der Waals surface area (Å²) in [6, 6.07) is 1.96. The number of hydrogen-bond donors (Lipinski definition) is 1. The van der Waals surface area contributed by atoms with Gasteiger partial charge in [-0.25, -0.2) is 0 Å². The number of rotatable bonds is 3. The van der Waals surface area contributed by atoms with Crippen LogP contribution in [-0.4, -0.2) is 28.8 Å². The second-order valence-electron chi connectivity index (χ2n) is 4.48. The van der Waals surface area contributed by atoms with E-state index in [1.807, 2.05) is 25.3 Å². The number of nitrogens with one attached hydrogen (secondary N) is 1. The monoisotopic (exact) mass is 330 g/mol. The van der Waals surface area contributed by atoms with Crippen LogP contribution in [0.5, 0.6) is 0 Å². The SMILES string of the molecule is CCC1(C)C(=O)NCC(=O)N1Cc1sccc1Br. The molecule has 0 saturated carbocycles. The van der Waals surface area contributed by atoms with E-state index in [4.69, 9.17) is 0 Å². The lowest BCUT2D eigenvalue weighted by Gasteiger charge is -2.42. The van der Waals surface area contributed by atoms with Crippen molar-refractivity contribution in [3.05, 3.63) is 20.8 Å². The number of carbonyl (C=O) groups excluding carboxylic acids is 2. The Hall–Kier alpha value is -0.880. The molecule has 1 aromatic heterocycles. The van der Waals surface area contributed by atoms with Crippen molar-refractivity contribution in [2.45, 2.75) is 32.4 Å². The summed E-state index contributed by atoms with van der Waals surface area (Å²) in [4.78, 5) is 26.8. The minimum Gasteiger partial charge on any atom is -0.345 e. The van der Waals surface area contributed by atoms with Crippen LogP contribution in [0.25, 0.3) is 0 Å². The van der Waals surface area contributed by atoms with E-state index in [1.54, 1.807) is 16.2 Å². The molecular formula is C12H15BrN2O2S. The summed E-state index contributed by atoms with van der Waals surface area (Å²) < 4.78 is 0.990. The van der Waals surface area contributed by atoms with Crippen LogP contribution < -0.4 is 5.32 Å². The molecule has 2 amide bonds. The fourth-order valence-corrected chi connectivity index (χ4v) is 3.50. The first-order valence-electron chi connectivity index (χ1n) is 5.79. The van der Waals surface area contributed by atoms with Gasteiger partial charge in [0.25, 0.3) is 0 Å². The van der Waals surface area contributed by atoms with Crippen molar-refractivity contribution in [1.29, 1.82) is 0 Å². The Morgan fingerprint density at radius 2 is 2.28 bits per heavy atom. The summed E-state index contributed by atoms with van der Waals surface area (Å²) in [6.45, 7) is 4.32. The first kappa shape index (κ1) is 13.5. The van der Waals surface area contributed by atoms with E-state index in [1.165, 1.54) is 0 Å². The molecule has 1 atom stereocenters. The largest absolute Gasteiger partial charge is 0.345 e. The van der Waals surface area contributed by atoms with E-state index in [9.17, 15) is 9.59 Å². The molecule has 1 fully saturated rings. The smallest absolute Gasteiger partial charge is 0.246 e. The molecule has 2 rings (SSSR count). The minimum absolute atomic E-state index is 0.0285. The molecule has 0 spiro atoms. The molecule has 6 heteroatoms. The molecule has 1 N–H and O–H groups in total. The zero-order valence-electron chi connectivity index (χ0n) is 10.3. The van der Waals surface area contributed by atoms with Crippen LogP contribution in [0, 0.1) is 0 Å². The molecule has 1 aromatic rings. The summed E-state index contributed by atoms with van der Waals surface area (Å²) >= 11 is 5.04. The number of carbonyl (C=O) groups is 2. The standard InChI is InChI=1S/C12H15BrN2O2S/c1-3-12(2)11(17)14-6-10(16)15(12)7-9-8(13)4-5-18-9/h4-5H,3,6-7H2,1-2H3,(H,14,17). The average Bonchev–Trinajstić information content (AvgIpc) is 2.75. The molecule has 1 aliphatic heterocycles. The Morgan fingerprint density at radius 3 is 2.83 bits per heavy atom. The number of hydrogen-bond acceptors (Lipinski definition) is 3. The lowest BCUT2D eigenvalue weighted by molar-refractivity contribution is -0.153. The number of amides is 2. The van der Waals surface area contributed by atoms with E-state index in [0.717, 1.165) is 9.35 Å². The van der Waals surface area contributed by atoms with Gasteiger partial charge in [0.05, 0.1) is 13.1 Å². The number of thiophene rings is 1. The molecule has 98 valence electrons. The lowest BCUT2D eigenvalue weighted by Crippen LogP contribution is -2.65. The van der Waals surface area contributed by atoms with E-state index >= 15 is 0 Å². The maximum atomic E-state index is 12.1. The third kappa shape index (κ3) is 2.19. The van der Waals surface area contributed by atoms with E-state index in [-0.39, 0.29) is 18.4 Å². The fraction of sp³-hybridized carbons (Fsp3) is 0.500. The molecular weight excluding hydrogens is 316 g/mol. The maximum Gasteiger partial charge on any atom is 0.246 e. The van der Waals surface area contributed by atoms with Crippen molar-refractivity contribution in [3.8, 4) is 0 Å². The Labute approximate surface area is 118 Å². The first-order valence-corrected chi connectivity index (χ1v) is 7.47. The lowest BCUT2D eigenvalue weighted by atomic mass is 9.92. The molecule has 0 aliphatic carbocycles. The average molecular weight is 331 g/mol. The van der Waals surface area contributed by atoms with Gasteiger partial charge in [0, 0.05) is 9.35 Å². The second-order valence-corrected chi connectivity index (χ2v) is 6.34. The second kappa shape index (κ2) is 5.01. The van der Waals surface area contributed by atoms with Gasteiger partial charge >= 0.3 is 0 Å². The van der Waals surface area contributed by atoms with Crippen LogP contribution in [0.3, 0.4) is 0 Å². The first-order chi connectivity index (χ1) is 8.49. The van der Waals surface area contributed by atoms with Gasteiger partial charge in [-0.2, -0.15) is 0 Å². The fourth-order valence-electron chi connectivity index (χ4n) is 2.04. The Bertz CT molecular complexity index is 488. The highest BCUT2D eigenvalue weighted by atomic mass is 79.9. The predicted molar refractivity (Wildman–Crippen MR) is 74.3 cm³/mol. The van der Waals surface area contributed by atoms with Crippen LogP contribution in [0.1, 0.15) is 25.1 Å². The van der Waals surface area contributed by atoms with Gasteiger partial charge in [-0.05, 0) is 40.7 Å². The number of piperazine rings is 1. The maximum absolute atomic E-state index is 12.1. The molecule has 0 bridgehead atoms. The Morgan fingerprint density at radius 1 is 1.56 bits per heavy atom. The minimum atomic E-state index is -0.751. The molecule has 18 heavy (non-hydrogen) atoms. The zero-order chi connectivity index (χ0) is 13.3. The highest BCUT2D eigenvalue weighted by molar-refractivity contribution is 9.10. The van der Waals surface area contributed by atoms with Crippen molar-refractivity contribution in [2.24, 2.45) is 0 Å². The third-order valence-electron chi connectivity index (χ3n) is 3.47. The summed E-state index contributed by atoms with van der Waals surface area (Å²) in [6.07, 6.45) is 0.605. The normalized spacial score (nSPS) is 24.3. The van der Waals surface area contributed by atoms with Crippen LogP contribution in [-0.2, 0) is 16.1 Å². The molecule has 1 saturated heterocycles. The van der Waals surface area contributed by atoms with Crippen molar-refractivity contribution >= 4 is 39.1 Å². The molecule has 4 nitrogen and oxygen atoms in total. The molecule has 1 unspecified atom stereocenters. The predicted octanol–water partition coefficient (Wildman–Crippen LogP) is 2.14. The zero-order valence-corrected chi connectivity index (χ0v) is 12.7. The summed E-state index contributed by atoms with van der Waals surface area (Å²) in [5.41, 5.74) is -0.751. The third-order valence-corrected chi connectivity index (χ3v) is 5.38. The Kier molecular flexibility index (Phi) is 3.77. The molecule has 0 aromatic carbocycles. The number of nitrogens with zero attached hydrogens (tertiary/aromatic N) is 1. The van der Waals surface area contributed by atoms with Gasteiger partial charge in [-0.15, -0.1) is 11.3 Å². The quantitative estimate of drug-likeness (QED) is 0.923. The van der Waals surface area contributed by atoms with Crippen molar-refractivity contribution in [3.63, 3.8) is 0 Å². The van der Waals surface area contributed by atoms with Gasteiger partial charge in [0.1, 0.15) is 5.54 Å². The Balaban J connectivity index is 2.30. The van der Waals surface area contributed by atoms with Crippen LogP contribution in [0.15, 0.2) is 15.9 Å². The van der Waals surface area contributed by atoms with Crippen molar-refractivity contribution < 1.29 is 9.59 Å². The highest BCUT2D eigenvalue weighted by Gasteiger charge is 2.44. The van der Waals surface area contributed by atoms with Gasteiger partial charge in [0.15, 0.2) is 0 Å². The summed E-state index contributed by atoms with van der Waals surface area (Å²) in [5.74, 6) is -0.100. The van der Waals surface area contributed by atoms with Crippen LogP contribution in [0.4, 0.5) is 0 Å². The van der Waals surface area contributed by atoms with Gasteiger partial charge in [-0.3, -0.25) is 9.59 Å². The van der Waals surface area contributed by atoms with Crippen molar-refractivity contribution in [1.82, 2.24) is 10.2 Å². The molecule has 1 aliphatic rings. The summed E-state index contributed by atoms with van der Waals surface area (Å²) in [7, 11) is 0. The van der Waals surface area contributed by atoms with Gasteiger partial charge in [0.2, 0.25) is 11.8 Å². The van der Waals surface area contributed by atoms with Crippen molar-refractivity contribution in [2.75, 3.05) is 6.54 Å². The molecule has 0 radical (unpaired) electrons. The van der Waals surface area contributed by atoms with E-state index in [2.05, 4.69) is 21.2 Å². The van der Waals surface area contributed by atoms with Crippen LogP contribution in [0.2, 0.25) is 0 Å². The molecule has 2 heterocycles. The number of halogens is 1. The van der Waals surface area contributed by atoms with Gasteiger partial charge in [-0.1, -0.05) is 6.92 Å². The summed E-state index contributed by atoms with van der Waals surface area (Å²) in [5, 5.41) is 4.63. The topological polar surface area (TPSA) is 49.4 Å². The van der Waals surface area contributed by atoms with Gasteiger partial charge < -0.3 is 10.2 Å². The van der Waals surface area contributed by atoms with Crippen LogP contribution >= 0.6 is 27.3 Å². The van der Waals surface area contributed by atoms with E-state index < -0.39 is 5.54 Å². The van der Waals surface area contributed by atoms with E-state index in [0.29, 0.717) is 13.0 Å².